The number of alkyl halides is 3. The second kappa shape index (κ2) is 12.2. The fourth-order valence-corrected chi connectivity index (χ4v) is 5.66. The van der Waals surface area contributed by atoms with Crippen molar-refractivity contribution >= 4 is 17.9 Å². The summed E-state index contributed by atoms with van der Waals surface area (Å²) in [5, 5.41) is 2.77. The molecule has 2 aromatic carbocycles. The van der Waals surface area contributed by atoms with E-state index in [1.165, 1.54) is 17.0 Å². The highest BCUT2D eigenvalue weighted by molar-refractivity contribution is 5.96. The molecule has 0 unspecified atom stereocenters. The number of hydrogen-bond donors (Lipinski definition) is 1. The Bertz CT molecular complexity index is 1430. The van der Waals surface area contributed by atoms with Crippen LogP contribution in [0, 0.1) is 0 Å². The molecule has 3 aliphatic heterocycles. The van der Waals surface area contributed by atoms with Crippen LogP contribution in [-0.2, 0) is 15.7 Å². The van der Waals surface area contributed by atoms with Gasteiger partial charge in [-0.2, -0.15) is 13.2 Å². The normalized spacial score (nSPS) is 20.7. The number of rotatable bonds is 7. The summed E-state index contributed by atoms with van der Waals surface area (Å²) in [4.78, 5) is 45.2. The van der Waals surface area contributed by atoms with Crippen LogP contribution in [0.4, 0.5) is 18.0 Å². The van der Waals surface area contributed by atoms with Gasteiger partial charge < -0.3 is 24.4 Å². The lowest BCUT2D eigenvalue weighted by molar-refractivity contribution is -0.139. The van der Waals surface area contributed by atoms with Gasteiger partial charge in [0.25, 0.3) is 5.91 Å². The van der Waals surface area contributed by atoms with E-state index in [1.54, 1.807) is 36.9 Å². The van der Waals surface area contributed by atoms with Crippen LogP contribution in [0.3, 0.4) is 0 Å². The fourth-order valence-electron chi connectivity index (χ4n) is 5.66. The van der Waals surface area contributed by atoms with E-state index in [-0.39, 0.29) is 44.0 Å². The van der Waals surface area contributed by atoms with Gasteiger partial charge in [-0.3, -0.25) is 14.6 Å². The Morgan fingerprint density at radius 1 is 1.05 bits per heavy atom. The van der Waals surface area contributed by atoms with Gasteiger partial charge in [-0.05, 0) is 56.7 Å². The van der Waals surface area contributed by atoms with Crippen molar-refractivity contribution in [2.75, 3.05) is 46.1 Å². The van der Waals surface area contributed by atoms with Gasteiger partial charge in [-0.15, -0.1) is 0 Å². The number of benzene rings is 2. The van der Waals surface area contributed by atoms with Crippen LogP contribution in [-0.4, -0.2) is 84.8 Å². The molecule has 3 aliphatic rings. The first-order valence-corrected chi connectivity index (χ1v) is 14.1. The molecule has 1 N–H and O–H groups in total. The molecule has 3 amide bonds. The lowest BCUT2D eigenvalue weighted by Crippen LogP contribution is -2.56. The number of fused-ring (bicyclic) bond motifs is 1. The highest BCUT2D eigenvalue weighted by atomic mass is 19.4. The molecule has 230 valence electrons. The van der Waals surface area contributed by atoms with Crippen LogP contribution in [0.25, 0.3) is 0 Å². The number of nitrogens with one attached hydrogen (secondary N) is 1. The van der Waals surface area contributed by atoms with Crippen molar-refractivity contribution in [1.29, 1.82) is 0 Å². The van der Waals surface area contributed by atoms with Gasteiger partial charge in [0.15, 0.2) is 11.5 Å². The maximum absolute atomic E-state index is 13.4. The van der Waals surface area contributed by atoms with Gasteiger partial charge in [0.05, 0.1) is 23.8 Å². The molecule has 1 fully saturated rings. The number of nitrogens with zero attached hydrogens (tertiary/aromatic N) is 3. The number of esters is 1. The van der Waals surface area contributed by atoms with Gasteiger partial charge in [0, 0.05) is 50.0 Å². The van der Waals surface area contributed by atoms with Crippen molar-refractivity contribution in [3.63, 3.8) is 0 Å². The van der Waals surface area contributed by atoms with Gasteiger partial charge in [0.2, 0.25) is 6.79 Å². The molecule has 43 heavy (non-hydrogen) atoms. The van der Waals surface area contributed by atoms with E-state index in [1.807, 2.05) is 11.8 Å². The number of carbonyl (C=O) groups is 3. The van der Waals surface area contributed by atoms with Crippen LogP contribution in [0.5, 0.6) is 11.5 Å². The van der Waals surface area contributed by atoms with Crippen LogP contribution in [0.15, 0.2) is 53.7 Å². The first-order chi connectivity index (χ1) is 20.5. The van der Waals surface area contributed by atoms with E-state index in [4.69, 9.17) is 14.2 Å². The van der Waals surface area contributed by atoms with Crippen LogP contribution >= 0.6 is 0 Å². The summed E-state index contributed by atoms with van der Waals surface area (Å²) in [6.45, 7) is 7.30. The van der Waals surface area contributed by atoms with Crippen molar-refractivity contribution in [2.45, 2.75) is 39.0 Å². The van der Waals surface area contributed by atoms with Gasteiger partial charge in [0.1, 0.15) is 0 Å². The molecule has 1 saturated heterocycles. The Kier molecular flexibility index (Phi) is 8.54. The average molecular weight is 603 g/mol. The summed E-state index contributed by atoms with van der Waals surface area (Å²) in [5.41, 5.74) is 0.548. The van der Waals surface area contributed by atoms with E-state index in [9.17, 15) is 27.6 Å². The number of likely N-dealkylation sites (N-methyl/N-ethyl adjacent to an activating group) is 1. The molecule has 10 nitrogen and oxygen atoms in total. The molecule has 0 radical (unpaired) electrons. The predicted molar refractivity (Wildman–Crippen MR) is 148 cm³/mol. The Hall–Kier alpha value is -4.26. The van der Waals surface area contributed by atoms with Gasteiger partial charge in [-0.25, -0.2) is 9.59 Å². The lowest BCUT2D eigenvalue weighted by Gasteiger charge is -2.43. The SMILES string of the molecule is CCOC(=O)C1=C(CN2CCN(C(=O)c3ccc4c(c3)OCO4)[C@@H](C)C2)N(CC)C(=O)N[C@@H]1c1ccc(C(F)(F)F)cc1. The monoisotopic (exact) mass is 602 g/mol. The molecule has 3 heterocycles. The first kappa shape index (κ1) is 30.2. The smallest absolute Gasteiger partial charge is 0.416 e. The zero-order valence-electron chi connectivity index (χ0n) is 24.1. The highest BCUT2D eigenvalue weighted by Crippen LogP contribution is 2.36. The zero-order valence-corrected chi connectivity index (χ0v) is 24.1. The first-order valence-electron chi connectivity index (χ1n) is 14.1. The number of urea groups is 1. The summed E-state index contributed by atoms with van der Waals surface area (Å²) in [7, 11) is 0. The molecule has 2 atom stereocenters. The quantitative estimate of drug-likeness (QED) is 0.475. The molecule has 0 saturated carbocycles. The van der Waals surface area contributed by atoms with E-state index < -0.39 is 29.8 Å². The molecule has 0 aromatic heterocycles. The summed E-state index contributed by atoms with van der Waals surface area (Å²) in [5.74, 6) is 0.303. The number of carbonyl (C=O) groups excluding carboxylic acids is 3. The maximum atomic E-state index is 13.4. The van der Waals surface area contributed by atoms with Crippen LogP contribution in [0.2, 0.25) is 0 Å². The summed E-state index contributed by atoms with van der Waals surface area (Å²) in [6, 6.07) is 7.77. The van der Waals surface area contributed by atoms with Crippen molar-refractivity contribution in [1.82, 2.24) is 20.0 Å². The number of piperazine rings is 1. The van der Waals surface area contributed by atoms with E-state index in [0.29, 0.717) is 48.0 Å². The third kappa shape index (κ3) is 6.12. The fraction of sp³-hybridized carbons (Fsp3) is 0.433. The van der Waals surface area contributed by atoms with Crippen molar-refractivity contribution in [3.8, 4) is 11.5 Å². The highest BCUT2D eigenvalue weighted by Gasteiger charge is 2.40. The minimum atomic E-state index is -4.53. The maximum Gasteiger partial charge on any atom is 0.416 e. The molecular weight excluding hydrogens is 569 g/mol. The minimum Gasteiger partial charge on any atom is -0.463 e. The molecule has 0 bridgehead atoms. The van der Waals surface area contributed by atoms with Gasteiger partial charge >= 0.3 is 18.2 Å². The molecule has 2 aromatic rings. The number of halogens is 3. The molecule has 0 aliphatic carbocycles. The molecule has 5 rings (SSSR count). The standard InChI is InChI=1S/C30H33F3N4O6/c1-4-36-22(16-35-12-13-37(18(3)15-35)27(38)20-8-11-23-24(14-20)43-17-42-23)25(28(39)41-5-2)26(34-29(36)40)19-6-9-21(10-7-19)30(31,32)33/h6-11,14,18,26H,4-5,12-13,15-17H2,1-3H3,(H,34,40)/t18-,26+/m0/s1. The number of amides is 3. The molecule has 13 heteroatoms. The zero-order chi connectivity index (χ0) is 30.9. The van der Waals surface area contributed by atoms with Crippen molar-refractivity contribution < 1.29 is 41.8 Å². The summed E-state index contributed by atoms with van der Waals surface area (Å²) >= 11 is 0. The Morgan fingerprint density at radius 3 is 2.42 bits per heavy atom. The Balaban J connectivity index is 1.40. The van der Waals surface area contributed by atoms with E-state index in [2.05, 4.69) is 5.32 Å². The summed E-state index contributed by atoms with van der Waals surface area (Å²) < 4.78 is 55.7. The minimum absolute atomic E-state index is 0.0765. The van der Waals surface area contributed by atoms with Crippen molar-refractivity contribution in [3.05, 3.63) is 70.4 Å². The third-order valence-corrected chi connectivity index (χ3v) is 7.79. The Labute approximate surface area is 247 Å². The lowest BCUT2D eigenvalue weighted by atomic mass is 9.93. The predicted octanol–water partition coefficient (Wildman–Crippen LogP) is 4.18. The van der Waals surface area contributed by atoms with Crippen LogP contribution in [0.1, 0.15) is 48.3 Å². The average Bonchev–Trinajstić information content (AvgIpc) is 3.45. The second-order valence-corrected chi connectivity index (χ2v) is 10.5. The van der Waals surface area contributed by atoms with Crippen LogP contribution < -0.4 is 14.8 Å². The summed E-state index contributed by atoms with van der Waals surface area (Å²) in [6.07, 6.45) is -4.53. The molecule has 0 spiro atoms. The third-order valence-electron chi connectivity index (χ3n) is 7.79. The van der Waals surface area contributed by atoms with E-state index >= 15 is 0 Å². The molecular formula is C30H33F3N4O6. The second-order valence-electron chi connectivity index (χ2n) is 10.5. The largest absolute Gasteiger partial charge is 0.463 e. The van der Waals surface area contributed by atoms with Crippen molar-refractivity contribution in [2.24, 2.45) is 0 Å². The topological polar surface area (TPSA) is 101 Å². The number of hydrogen-bond acceptors (Lipinski definition) is 7. The van der Waals surface area contributed by atoms with E-state index in [0.717, 1.165) is 12.1 Å². The number of ether oxygens (including phenoxy) is 3. The Morgan fingerprint density at radius 2 is 1.77 bits per heavy atom. The van der Waals surface area contributed by atoms with Gasteiger partial charge in [-0.1, -0.05) is 12.1 Å².